The van der Waals surface area contributed by atoms with Crippen LogP contribution in [0.1, 0.15) is 71.4 Å². The molecule has 1 aliphatic heterocycles. The Hall–Kier alpha value is -2.36. The number of piperidine rings is 1. The Bertz CT molecular complexity index is 1170. The molecule has 4 rings (SSSR count). The fraction of sp³-hybridized carbons (Fsp3) is 0.583. The molecule has 0 N–H and O–H groups in total. The van der Waals surface area contributed by atoms with Gasteiger partial charge >= 0.3 is 6.18 Å². The van der Waals surface area contributed by atoms with E-state index >= 15 is 0 Å². The van der Waals surface area contributed by atoms with E-state index in [4.69, 9.17) is 0 Å². The van der Waals surface area contributed by atoms with E-state index in [9.17, 15) is 26.4 Å². The van der Waals surface area contributed by atoms with Gasteiger partial charge in [0.15, 0.2) is 15.5 Å². The topological polar surface area (TPSA) is 72.3 Å². The lowest BCUT2D eigenvalue weighted by molar-refractivity contribution is -0.138. The van der Waals surface area contributed by atoms with Gasteiger partial charge in [0.05, 0.1) is 10.8 Å². The molecule has 2 aliphatic rings. The first-order valence-corrected chi connectivity index (χ1v) is 13.7. The van der Waals surface area contributed by atoms with Gasteiger partial charge < -0.3 is 4.90 Å². The van der Waals surface area contributed by atoms with E-state index in [1.165, 1.54) is 18.4 Å². The average Bonchev–Trinajstić information content (AvgIpc) is 2.97. The molecule has 1 fully saturated rings. The summed E-state index contributed by atoms with van der Waals surface area (Å²) in [6.45, 7) is 3.18. The molecule has 10 heteroatoms. The molecule has 2 heterocycles. The number of carbonyl (C=O) groups excluding carboxylic acids is 1. The molecule has 186 valence electrons. The summed E-state index contributed by atoms with van der Waals surface area (Å²) in [5.74, 6) is -0.540. The molecule has 1 saturated heterocycles. The lowest BCUT2D eigenvalue weighted by Crippen LogP contribution is -2.39. The van der Waals surface area contributed by atoms with Gasteiger partial charge in [-0.2, -0.15) is 18.3 Å². The molecule has 1 aromatic heterocycles. The highest BCUT2D eigenvalue weighted by Gasteiger charge is 2.37. The lowest BCUT2D eigenvalue weighted by atomic mass is 9.86. The number of aromatic nitrogens is 2. The zero-order valence-corrected chi connectivity index (χ0v) is 20.3. The van der Waals surface area contributed by atoms with Crippen molar-refractivity contribution < 1.29 is 26.4 Å². The first kappa shape index (κ1) is 24.8. The number of halogens is 3. The number of hydrogen-bond donors (Lipinski definition) is 0. The van der Waals surface area contributed by atoms with E-state index in [-0.39, 0.29) is 23.8 Å². The van der Waals surface area contributed by atoms with Crippen molar-refractivity contribution in [1.29, 1.82) is 0 Å². The second-order valence-corrected chi connectivity index (χ2v) is 11.6. The van der Waals surface area contributed by atoms with Crippen molar-refractivity contribution in [2.45, 2.75) is 69.3 Å². The minimum Gasteiger partial charge on any atom is -0.337 e. The third-order valence-corrected chi connectivity index (χ3v) is 8.75. The third-order valence-electron chi connectivity index (χ3n) is 7.13. The first-order valence-electron chi connectivity index (χ1n) is 11.7. The quantitative estimate of drug-likeness (QED) is 0.593. The number of benzene rings is 1. The van der Waals surface area contributed by atoms with Crippen LogP contribution in [0.2, 0.25) is 0 Å². The number of rotatable bonds is 4. The highest BCUT2D eigenvalue weighted by molar-refractivity contribution is 7.91. The molecule has 0 spiro atoms. The van der Waals surface area contributed by atoms with Gasteiger partial charge in [0.25, 0.3) is 5.91 Å². The number of fused-ring (bicyclic) bond motifs is 1. The molecule has 0 saturated carbocycles. The normalized spacial score (nSPS) is 20.1. The van der Waals surface area contributed by atoms with Gasteiger partial charge in [-0.15, -0.1) is 0 Å². The summed E-state index contributed by atoms with van der Waals surface area (Å²) in [6.07, 6.45) is -0.107. The number of carbonyl (C=O) groups is 1. The maximum Gasteiger partial charge on any atom is 0.416 e. The highest BCUT2D eigenvalue weighted by Crippen LogP contribution is 2.39. The van der Waals surface area contributed by atoms with Crippen LogP contribution in [-0.2, 0) is 35.4 Å². The van der Waals surface area contributed by atoms with Crippen LogP contribution in [0.15, 0.2) is 24.3 Å². The fourth-order valence-corrected chi connectivity index (χ4v) is 6.37. The van der Waals surface area contributed by atoms with Crippen molar-refractivity contribution in [3.8, 4) is 0 Å². The van der Waals surface area contributed by atoms with Gasteiger partial charge in [-0.3, -0.25) is 9.48 Å². The summed E-state index contributed by atoms with van der Waals surface area (Å²) >= 11 is 0. The van der Waals surface area contributed by atoms with Crippen LogP contribution in [0, 0.1) is 0 Å². The van der Waals surface area contributed by atoms with Crippen molar-refractivity contribution in [2.24, 2.45) is 0 Å². The zero-order chi connectivity index (χ0) is 24.7. The number of nitrogens with zero attached hydrogens (tertiary/aromatic N) is 3. The summed E-state index contributed by atoms with van der Waals surface area (Å²) in [7, 11) is -3.26. The molecule has 34 heavy (non-hydrogen) atoms. The Morgan fingerprint density at radius 2 is 1.82 bits per heavy atom. The van der Waals surface area contributed by atoms with Crippen LogP contribution < -0.4 is 0 Å². The molecule has 1 unspecified atom stereocenters. The second kappa shape index (κ2) is 9.36. The number of aryl methyl sites for hydroxylation is 1. The third kappa shape index (κ3) is 4.87. The van der Waals surface area contributed by atoms with Crippen LogP contribution in [-0.4, -0.2) is 53.6 Å². The predicted octanol–water partition coefficient (Wildman–Crippen LogP) is 4.23. The van der Waals surface area contributed by atoms with E-state index in [1.807, 2.05) is 6.92 Å². The van der Waals surface area contributed by atoms with Crippen LogP contribution in [0.4, 0.5) is 13.2 Å². The average molecular weight is 498 g/mol. The SMILES string of the molecule is CCn1nc(C(=O)N2CCC(c3ccccc3C(F)(F)F)CC2)c2c1CCCC(S(C)(=O)=O)C2. The molecule has 1 atom stereocenters. The van der Waals surface area contributed by atoms with Crippen molar-refractivity contribution in [1.82, 2.24) is 14.7 Å². The van der Waals surface area contributed by atoms with Crippen molar-refractivity contribution >= 4 is 15.7 Å². The van der Waals surface area contributed by atoms with Crippen LogP contribution in [0.5, 0.6) is 0 Å². The predicted molar refractivity (Wildman–Crippen MR) is 122 cm³/mol. The number of alkyl halides is 3. The fourth-order valence-electron chi connectivity index (χ4n) is 5.31. The summed E-state index contributed by atoms with van der Waals surface area (Å²) in [4.78, 5) is 15.1. The van der Waals surface area contributed by atoms with Crippen LogP contribution >= 0.6 is 0 Å². The molecule has 0 bridgehead atoms. The van der Waals surface area contributed by atoms with E-state index in [0.29, 0.717) is 63.0 Å². The summed E-state index contributed by atoms with van der Waals surface area (Å²) in [5.41, 5.74) is 1.60. The van der Waals surface area contributed by atoms with Crippen molar-refractivity contribution in [2.75, 3.05) is 19.3 Å². The van der Waals surface area contributed by atoms with E-state index in [1.54, 1.807) is 15.6 Å². The van der Waals surface area contributed by atoms with E-state index in [2.05, 4.69) is 5.10 Å². The summed E-state index contributed by atoms with van der Waals surface area (Å²) < 4.78 is 66.7. The van der Waals surface area contributed by atoms with Gasteiger partial charge in [0, 0.05) is 37.1 Å². The van der Waals surface area contributed by atoms with Gasteiger partial charge in [-0.05, 0) is 63.0 Å². The Balaban J connectivity index is 1.55. The molecule has 6 nitrogen and oxygen atoms in total. The Morgan fingerprint density at radius 3 is 2.44 bits per heavy atom. The van der Waals surface area contributed by atoms with Crippen molar-refractivity contribution in [3.63, 3.8) is 0 Å². The number of amides is 1. The van der Waals surface area contributed by atoms with Crippen LogP contribution in [0.3, 0.4) is 0 Å². The molecule has 1 amide bonds. The van der Waals surface area contributed by atoms with E-state index < -0.39 is 26.8 Å². The maximum atomic E-state index is 13.5. The Kier molecular flexibility index (Phi) is 6.81. The lowest BCUT2D eigenvalue weighted by Gasteiger charge is -2.33. The monoisotopic (exact) mass is 497 g/mol. The first-order chi connectivity index (χ1) is 16.0. The number of hydrogen-bond acceptors (Lipinski definition) is 4. The smallest absolute Gasteiger partial charge is 0.337 e. The Labute approximate surface area is 198 Å². The molecule has 2 aromatic rings. The molecular formula is C24H30F3N3O3S. The largest absolute Gasteiger partial charge is 0.416 e. The van der Waals surface area contributed by atoms with Crippen molar-refractivity contribution in [3.05, 3.63) is 52.3 Å². The molecule has 1 aliphatic carbocycles. The van der Waals surface area contributed by atoms with Gasteiger partial charge in [-0.1, -0.05) is 18.2 Å². The highest BCUT2D eigenvalue weighted by atomic mass is 32.2. The van der Waals surface area contributed by atoms with Gasteiger partial charge in [0.1, 0.15) is 0 Å². The molecule has 0 radical (unpaired) electrons. The van der Waals surface area contributed by atoms with Gasteiger partial charge in [0.2, 0.25) is 0 Å². The summed E-state index contributed by atoms with van der Waals surface area (Å²) in [5, 5.41) is 4.01. The minimum absolute atomic E-state index is 0.264. The minimum atomic E-state index is -4.41. The van der Waals surface area contributed by atoms with Gasteiger partial charge in [-0.25, -0.2) is 8.42 Å². The Morgan fingerprint density at radius 1 is 1.15 bits per heavy atom. The molecule has 1 aromatic carbocycles. The standard InChI is InChI=1S/C24H30F3N3O3S/c1-3-30-21-10-6-7-17(34(2,32)33)15-19(21)22(28-30)23(31)29-13-11-16(12-14-29)18-8-4-5-9-20(18)24(25,26)27/h4-5,8-9,16-17H,3,6-7,10-15H2,1-2H3. The molecular weight excluding hydrogens is 467 g/mol. The second-order valence-electron chi connectivity index (χ2n) is 9.29. The number of sulfone groups is 1. The van der Waals surface area contributed by atoms with E-state index in [0.717, 1.165) is 11.8 Å². The van der Waals surface area contributed by atoms with Crippen LogP contribution in [0.25, 0.3) is 0 Å². The zero-order valence-electron chi connectivity index (χ0n) is 19.4. The summed E-state index contributed by atoms with van der Waals surface area (Å²) in [6, 6.07) is 5.65. The maximum absolute atomic E-state index is 13.5. The number of likely N-dealkylation sites (tertiary alicyclic amines) is 1.